The van der Waals surface area contributed by atoms with E-state index in [1.807, 2.05) is 13.8 Å². The summed E-state index contributed by atoms with van der Waals surface area (Å²) in [6.45, 7) is 1.22. The average molecular weight is 145 g/mol. The summed E-state index contributed by atoms with van der Waals surface area (Å²) in [4.78, 5) is 0. The van der Waals surface area contributed by atoms with Gasteiger partial charge in [-0.25, -0.2) is 0 Å². The first-order chi connectivity index (χ1) is 4.61. The summed E-state index contributed by atoms with van der Waals surface area (Å²) >= 11 is 0. The van der Waals surface area contributed by atoms with Crippen molar-refractivity contribution in [2.45, 2.75) is 20.4 Å². The van der Waals surface area contributed by atoms with Crippen molar-refractivity contribution in [1.29, 1.82) is 0 Å². The molecule has 10 heavy (non-hydrogen) atoms. The molecule has 0 atom stereocenters. The zero-order valence-electron chi connectivity index (χ0n) is 5.94. The Hall–Kier alpha value is -0.860. The van der Waals surface area contributed by atoms with Crippen LogP contribution in [0.1, 0.15) is 17.7 Å². The van der Waals surface area contributed by atoms with Gasteiger partial charge in [0.05, 0.1) is 0 Å². The number of hydrogen-bond donors (Lipinski definition) is 0. The van der Waals surface area contributed by atoms with E-state index in [1.54, 1.807) is 0 Å². The zero-order chi connectivity index (χ0) is 7.72. The minimum atomic E-state index is -2.41. The van der Waals surface area contributed by atoms with Crippen molar-refractivity contribution in [3.8, 4) is 0 Å². The Balaban J connectivity index is 2.98. The topological polar surface area (TPSA) is 4.93 Å². The van der Waals surface area contributed by atoms with E-state index in [2.05, 4.69) is 0 Å². The fraction of sp³-hybridized carbons (Fsp3) is 0.429. The molecule has 1 aromatic heterocycles. The highest BCUT2D eigenvalue weighted by atomic mass is 19.3. The molecular formula is C7H9F2N. The Morgan fingerprint density at radius 2 is 1.60 bits per heavy atom. The number of nitrogens with zero attached hydrogens (tertiary/aromatic N) is 1. The summed E-state index contributed by atoms with van der Waals surface area (Å²) in [6.07, 6.45) is 2.89. The lowest BCUT2D eigenvalue weighted by Crippen LogP contribution is -1.91. The molecule has 56 valence electrons. The second kappa shape index (κ2) is 2.40. The molecule has 0 N–H and O–H groups in total. The number of alkyl halides is 2. The molecular weight excluding hydrogens is 136 g/mol. The smallest absolute Gasteiger partial charge is 0.298 e. The number of hydrogen-bond acceptors (Lipinski definition) is 0. The molecule has 1 aromatic rings. The van der Waals surface area contributed by atoms with Crippen LogP contribution in [0.3, 0.4) is 0 Å². The van der Waals surface area contributed by atoms with Gasteiger partial charge in [-0.05, 0) is 25.0 Å². The van der Waals surface area contributed by atoms with E-state index >= 15 is 0 Å². The van der Waals surface area contributed by atoms with Crippen molar-refractivity contribution in [1.82, 2.24) is 4.57 Å². The SMILES string of the molecule is Cc1cn(C(F)F)cc1C. The molecule has 0 amide bonds. The van der Waals surface area contributed by atoms with Gasteiger partial charge in [-0.1, -0.05) is 0 Å². The lowest BCUT2D eigenvalue weighted by molar-refractivity contribution is 0.0705. The maximum Gasteiger partial charge on any atom is 0.318 e. The van der Waals surface area contributed by atoms with Gasteiger partial charge in [-0.15, -0.1) is 0 Å². The van der Waals surface area contributed by atoms with E-state index in [-0.39, 0.29) is 0 Å². The lowest BCUT2D eigenvalue weighted by atomic mass is 10.2. The highest BCUT2D eigenvalue weighted by molar-refractivity contribution is 5.20. The van der Waals surface area contributed by atoms with Crippen LogP contribution >= 0.6 is 0 Å². The first-order valence-electron chi connectivity index (χ1n) is 3.04. The number of aryl methyl sites for hydroxylation is 2. The quantitative estimate of drug-likeness (QED) is 0.572. The molecule has 0 saturated carbocycles. The van der Waals surface area contributed by atoms with E-state index in [1.165, 1.54) is 12.4 Å². The largest absolute Gasteiger partial charge is 0.318 e. The molecule has 0 fully saturated rings. The van der Waals surface area contributed by atoms with Crippen LogP contribution in [-0.2, 0) is 0 Å². The van der Waals surface area contributed by atoms with Gasteiger partial charge in [-0.3, -0.25) is 4.57 Å². The molecule has 0 radical (unpaired) electrons. The summed E-state index contributed by atoms with van der Waals surface area (Å²) in [7, 11) is 0. The molecule has 1 rings (SSSR count). The van der Waals surface area contributed by atoms with Gasteiger partial charge < -0.3 is 0 Å². The second-order valence-electron chi connectivity index (χ2n) is 2.35. The third-order valence-corrected chi connectivity index (χ3v) is 1.53. The maximum atomic E-state index is 11.9. The summed E-state index contributed by atoms with van der Waals surface area (Å²) in [5.41, 5.74) is 1.81. The second-order valence-corrected chi connectivity index (χ2v) is 2.35. The van der Waals surface area contributed by atoms with Crippen molar-refractivity contribution < 1.29 is 8.78 Å². The molecule has 3 heteroatoms. The molecule has 0 aliphatic carbocycles. The Morgan fingerprint density at radius 3 is 1.80 bits per heavy atom. The lowest BCUT2D eigenvalue weighted by Gasteiger charge is -1.96. The highest BCUT2D eigenvalue weighted by Crippen LogP contribution is 2.15. The maximum absolute atomic E-state index is 11.9. The summed E-state index contributed by atoms with van der Waals surface area (Å²) < 4.78 is 24.8. The van der Waals surface area contributed by atoms with Crippen LogP contribution in [0, 0.1) is 13.8 Å². The Kier molecular flexibility index (Phi) is 1.74. The van der Waals surface area contributed by atoms with Gasteiger partial charge in [0.15, 0.2) is 0 Å². The highest BCUT2D eigenvalue weighted by Gasteiger charge is 2.05. The Morgan fingerprint density at radius 1 is 1.20 bits per heavy atom. The normalized spacial score (nSPS) is 10.9. The van der Waals surface area contributed by atoms with E-state index in [9.17, 15) is 8.78 Å². The number of rotatable bonds is 1. The van der Waals surface area contributed by atoms with Gasteiger partial charge in [0, 0.05) is 12.4 Å². The third-order valence-electron chi connectivity index (χ3n) is 1.53. The van der Waals surface area contributed by atoms with Crippen LogP contribution in [-0.4, -0.2) is 4.57 Å². The molecule has 0 saturated heterocycles. The standard InChI is InChI=1S/C7H9F2N/c1-5-3-10(7(8)9)4-6(5)2/h3-4,7H,1-2H3. The molecule has 0 unspecified atom stereocenters. The minimum Gasteiger partial charge on any atom is -0.298 e. The summed E-state index contributed by atoms with van der Waals surface area (Å²) in [5.74, 6) is 0. The van der Waals surface area contributed by atoms with Crippen molar-refractivity contribution in [2.75, 3.05) is 0 Å². The van der Waals surface area contributed by atoms with Crippen LogP contribution in [0.5, 0.6) is 0 Å². The van der Waals surface area contributed by atoms with Gasteiger partial charge in [-0.2, -0.15) is 8.78 Å². The fourth-order valence-corrected chi connectivity index (χ4v) is 0.801. The van der Waals surface area contributed by atoms with E-state index < -0.39 is 6.55 Å². The molecule has 0 bridgehead atoms. The molecule has 0 aromatic carbocycles. The average Bonchev–Trinajstić information content (AvgIpc) is 2.13. The molecule has 0 aliphatic heterocycles. The Bertz CT molecular complexity index is 208. The van der Waals surface area contributed by atoms with Crippen LogP contribution in [0.15, 0.2) is 12.4 Å². The molecule has 0 spiro atoms. The van der Waals surface area contributed by atoms with Crippen LogP contribution in [0.25, 0.3) is 0 Å². The van der Waals surface area contributed by atoms with Crippen molar-refractivity contribution >= 4 is 0 Å². The van der Waals surface area contributed by atoms with E-state index in [0.29, 0.717) is 0 Å². The Labute approximate surface area is 58.3 Å². The van der Waals surface area contributed by atoms with Gasteiger partial charge >= 0.3 is 6.55 Å². The molecule has 0 aliphatic rings. The third kappa shape index (κ3) is 1.17. The number of halogens is 2. The van der Waals surface area contributed by atoms with Gasteiger partial charge in [0.25, 0.3) is 0 Å². The molecule has 1 nitrogen and oxygen atoms in total. The predicted molar refractivity (Wildman–Crippen MR) is 35.2 cm³/mol. The van der Waals surface area contributed by atoms with Crippen LogP contribution < -0.4 is 0 Å². The van der Waals surface area contributed by atoms with Crippen LogP contribution in [0.2, 0.25) is 0 Å². The molecule has 1 heterocycles. The van der Waals surface area contributed by atoms with Gasteiger partial charge in [0.2, 0.25) is 0 Å². The fourth-order valence-electron chi connectivity index (χ4n) is 0.801. The van der Waals surface area contributed by atoms with Crippen LogP contribution in [0.4, 0.5) is 8.78 Å². The van der Waals surface area contributed by atoms with Crippen molar-refractivity contribution in [3.05, 3.63) is 23.5 Å². The first-order valence-corrected chi connectivity index (χ1v) is 3.04. The minimum absolute atomic E-state index is 0.903. The predicted octanol–water partition coefficient (Wildman–Crippen LogP) is 2.50. The van der Waals surface area contributed by atoms with E-state index in [4.69, 9.17) is 0 Å². The van der Waals surface area contributed by atoms with E-state index in [0.717, 1.165) is 15.7 Å². The summed E-state index contributed by atoms with van der Waals surface area (Å²) in [6, 6.07) is 0. The van der Waals surface area contributed by atoms with Crippen molar-refractivity contribution in [3.63, 3.8) is 0 Å². The number of aromatic nitrogens is 1. The monoisotopic (exact) mass is 145 g/mol. The summed E-state index contributed by atoms with van der Waals surface area (Å²) in [5, 5.41) is 0. The van der Waals surface area contributed by atoms with Crippen molar-refractivity contribution in [2.24, 2.45) is 0 Å². The first kappa shape index (κ1) is 7.25. The zero-order valence-corrected chi connectivity index (χ0v) is 5.94. The van der Waals surface area contributed by atoms with Gasteiger partial charge in [0.1, 0.15) is 0 Å².